The first-order chi connectivity index (χ1) is 17.4. The van der Waals surface area contributed by atoms with Gasteiger partial charge in [-0.05, 0) is 18.2 Å². The summed E-state index contributed by atoms with van der Waals surface area (Å²) in [5.41, 5.74) is 3.47. The molecule has 8 nitrogen and oxygen atoms in total. The van der Waals surface area contributed by atoms with Crippen LogP contribution in [0.25, 0.3) is 28.0 Å². The van der Waals surface area contributed by atoms with Gasteiger partial charge >= 0.3 is 0 Å². The number of halogens is 2. The first-order valence-corrected chi connectivity index (χ1v) is 12.5. The first-order valence-electron chi connectivity index (χ1n) is 10.8. The number of hydrogen-bond acceptors (Lipinski definition) is 7. The number of Topliss-reactive ketones (excluding diaryl/α,β-unsaturated/α-hetero) is 1. The summed E-state index contributed by atoms with van der Waals surface area (Å²) in [5.74, 6) is -0.950. The molecule has 1 amide bonds. The van der Waals surface area contributed by atoms with Crippen molar-refractivity contribution in [1.29, 1.82) is 0 Å². The molecule has 1 aliphatic heterocycles. The van der Waals surface area contributed by atoms with E-state index in [-0.39, 0.29) is 29.4 Å². The van der Waals surface area contributed by atoms with E-state index in [9.17, 15) is 14.4 Å². The Bertz CT molecular complexity index is 1500. The maximum Gasteiger partial charge on any atom is 0.258 e. The zero-order valence-electron chi connectivity index (χ0n) is 18.8. The van der Waals surface area contributed by atoms with Crippen LogP contribution in [0.4, 0.5) is 0 Å². The quantitative estimate of drug-likeness (QED) is 0.360. The highest BCUT2D eigenvalue weighted by Crippen LogP contribution is 2.37. The van der Waals surface area contributed by atoms with Crippen LogP contribution in [0.1, 0.15) is 16.1 Å². The van der Waals surface area contributed by atoms with E-state index < -0.39 is 17.1 Å². The van der Waals surface area contributed by atoms with E-state index in [0.29, 0.717) is 27.0 Å². The molecule has 1 aliphatic rings. The van der Waals surface area contributed by atoms with Gasteiger partial charge in [0.1, 0.15) is 11.3 Å². The molecule has 0 aliphatic carbocycles. The Morgan fingerprint density at radius 2 is 1.89 bits per heavy atom. The van der Waals surface area contributed by atoms with Crippen LogP contribution in [-0.4, -0.2) is 50.3 Å². The topological polar surface area (TPSA) is 103 Å². The average Bonchev–Trinajstić information content (AvgIpc) is 3.39. The minimum Gasteiger partial charge on any atom is -0.378 e. The van der Waals surface area contributed by atoms with E-state index in [1.54, 1.807) is 28.9 Å². The molecule has 1 N–H and O–H groups in total. The summed E-state index contributed by atoms with van der Waals surface area (Å²) in [4.78, 5) is 42.1. The highest BCUT2D eigenvalue weighted by Gasteiger charge is 2.36. The number of carbonyl (C=O) groups is 3. The maximum atomic E-state index is 13.4. The Morgan fingerprint density at radius 3 is 2.56 bits per heavy atom. The van der Waals surface area contributed by atoms with Crippen molar-refractivity contribution in [2.75, 3.05) is 12.9 Å². The van der Waals surface area contributed by atoms with Crippen molar-refractivity contribution in [1.82, 2.24) is 19.9 Å². The van der Waals surface area contributed by atoms with Gasteiger partial charge in [0.15, 0.2) is 17.5 Å². The molecule has 3 heterocycles. The van der Waals surface area contributed by atoms with Crippen LogP contribution in [0.15, 0.2) is 54.7 Å². The third-order valence-electron chi connectivity index (χ3n) is 5.70. The molecule has 0 spiro atoms. The number of ketones is 1. The smallest absolute Gasteiger partial charge is 0.258 e. The molecule has 2 aromatic carbocycles. The predicted octanol–water partition coefficient (Wildman–Crippen LogP) is 4.46. The molecule has 182 valence electrons. The fourth-order valence-electron chi connectivity index (χ4n) is 4.04. The Balaban J connectivity index is 1.74. The van der Waals surface area contributed by atoms with E-state index in [0.717, 1.165) is 22.9 Å². The lowest BCUT2D eigenvalue weighted by Gasteiger charge is -2.14. The van der Waals surface area contributed by atoms with Gasteiger partial charge in [-0.25, -0.2) is 9.50 Å². The Kier molecular flexibility index (Phi) is 6.81. The standard InChI is InChI=1S/C25H18Cl2N4O4S/c1-35-11-18-20(24(33)29-21-19(32)12-36-25(21)34)23-28-10-16(15-4-2-3-5-17(15)27)22(31(23)30-18)13-6-8-14(26)9-7-13/h2-10,21H,11-12H2,1H3,(H,29,33)/t21-/m1/s1. The molecule has 1 fully saturated rings. The summed E-state index contributed by atoms with van der Waals surface area (Å²) in [5, 5.41) is 7.90. The van der Waals surface area contributed by atoms with Gasteiger partial charge in [0.2, 0.25) is 5.12 Å². The van der Waals surface area contributed by atoms with Gasteiger partial charge in [0.05, 0.1) is 18.1 Å². The second kappa shape index (κ2) is 10.0. The van der Waals surface area contributed by atoms with E-state index >= 15 is 0 Å². The van der Waals surface area contributed by atoms with Crippen molar-refractivity contribution in [3.63, 3.8) is 0 Å². The fourth-order valence-corrected chi connectivity index (χ4v) is 5.22. The first kappa shape index (κ1) is 24.5. The molecule has 4 aromatic rings. The number of nitrogens with zero attached hydrogens (tertiary/aromatic N) is 3. The van der Waals surface area contributed by atoms with Crippen molar-refractivity contribution in [2.24, 2.45) is 0 Å². The molecule has 0 radical (unpaired) electrons. The van der Waals surface area contributed by atoms with Gasteiger partial charge in [0.25, 0.3) is 5.91 Å². The van der Waals surface area contributed by atoms with Gasteiger partial charge in [-0.3, -0.25) is 14.4 Å². The van der Waals surface area contributed by atoms with Gasteiger partial charge < -0.3 is 10.1 Å². The number of methoxy groups -OCH3 is 1. The second-order valence-electron chi connectivity index (χ2n) is 7.98. The molecule has 11 heteroatoms. The lowest BCUT2D eigenvalue weighted by molar-refractivity contribution is -0.122. The van der Waals surface area contributed by atoms with Crippen LogP contribution in [0.3, 0.4) is 0 Å². The number of thioether (sulfide) groups is 1. The zero-order valence-corrected chi connectivity index (χ0v) is 21.2. The van der Waals surface area contributed by atoms with Crippen LogP contribution in [0, 0.1) is 0 Å². The Morgan fingerprint density at radius 1 is 1.14 bits per heavy atom. The van der Waals surface area contributed by atoms with E-state index in [1.165, 1.54) is 7.11 Å². The summed E-state index contributed by atoms with van der Waals surface area (Å²) in [6.07, 6.45) is 1.62. The van der Waals surface area contributed by atoms with Crippen molar-refractivity contribution >= 4 is 57.4 Å². The molecule has 0 saturated carbocycles. The van der Waals surface area contributed by atoms with Crippen LogP contribution in [0.2, 0.25) is 10.0 Å². The number of hydrogen-bond donors (Lipinski definition) is 1. The Hall–Kier alpha value is -3.24. The summed E-state index contributed by atoms with van der Waals surface area (Å²) in [7, 11) is 1.48. The van der Waals surface area contributed by atoms with Gasteiger partial charge in [-0.2, -0.15) is 5.10 Å². The number of benzene rings is 2. The van der Waals surface area contributed by atoms with Crippen molar-refractivity contribution in [3.05, 3.63) is 76.0 Å². The van der Waals surface area contributed by atoms with Crippen molar-refractivity contribution < 1.29 is 19.1 Å². The Labute approximate surface area is 219 Å². The highest BCUT2D eigenvalue weighted by atomic mass is 35.5. The molecule has 0 unspecified atom stereocenters. The van der Waals surface area contributed by atoms with Gasteiger partial charge in [0, 0.05) is 40.0 Å². The zero-order chi connectivity index (χ0) is 25.4. The number of aromatic nitrogens is 3. The molecule has 1 saturated heterocycles. The highest BCUT2D eigenvalue weighted by molar-refractivity contribution is 8.15. The third kappa shape index (κ3) is 4.39. The number of ether oxygens (including phenoxy) is 1. The van der Waals surface area contributed by atoms with Gasteiger partial charge in [-0.1, -0.05) is 65.3 Å². The van der Waals surface area contributed by atoms with Crippen LogP contribution >= 0.6 is 35.0 Å². The van der Waals surface area contributed by atoms with Crippen LogP contribution in [-0.2, 0) is 20.9 Å². The summed E-state index contributed by atoms with van der Waals surface area (Å²) in [6.45, 7) is 0.00884. The molecule has 2 aromatic heterocycles. The summed E-state index contributed by atoms with van der Waals surface area (Å²) in [6, 6.07) is 13.3. The molecule has 36 heavy (non-hydrogen) atoms. The average molecular weight is 541 g/mol. The van der Waals surface area contributed by atoms with E-state index in [4.69, 9.17) is 27.9 Å². The van der Waals surface area contributed by atoms with Crippen LogP contribution < -0.4 is 5.32 Å². The van der Waals surface area contributed by atoms with Crippen molar-refractivity contribution in [3.8, 4) is 22.4 Å². The number of amides is 1. The van der Waals surface area contributed by atoms with Crippen LogP contribution in [0.5, 0.6) is 0 Å². The molecule has 5 rings (SSSR count). The van der Waals surface area contributed by atoms with Gasteiger partial charge in [-0.15, -0.1) is 0 Å². The summed E-state index contributed by atoms with van der Waals surface area (Å²) >= 11 is 13.5. The van der Waals surface area contributed by atoms with E-state index in [1.807, 2.05) is 30.3 Å². The summed E-state index contributed by atoms with van der Waals surface area (Å²) < 4.78 is 6.85. The second-order valence-corrected chi connectivity index (χ2v) is 9.80. The lowest BCUT2D eigenvalue weighted by Crippen LogP contribution is -2.42. The normalized spacial score (nSPS) is 15.6. The lowest BCUT2D eigenvalue weighted by atomic mass is 10.0. The maximum absolute atomic E-state index is 13.4. The molecule has 0 bridgehead atoms. The fraction of sp³-hybridized carbons (Fsp3) is 0.160. The third-order valence-corrected chi connectivity index (χ3v) is 7.23. The number of nitrogens with one attached hydrogen (secondary N) is 1. The van der Waals surface area contributed by atoms with Crippen molar-refractivity contribution in [2.45, 2.75) is 12.6 Å². The molecular formula is C25H18Cl2N4O4S. The number of fused-ring (bicyclic) bond motifs is 1. The number of carbonyl (C=O) groups excluding carboxylic acids is 3. The minimum atomic E-state index is -1.20. The minimum absolute atomic E-state index is 0.00884. The molecule has 1 atom stereocenters. The number of rotatable bonds is 6. The monoisotopic (exact) mass is 540 g/mol. The predicted molar refractivity (Wildman–Crippen MR) is 138 cm³/mol. The SMILES string of the molecule is COCc1nn2c(-c3ccc(Cl)cc3)c(-c3ccccc3Cl)cnc2c1C(=O)N[C@@H]1C(=O)CSC1=O. The largest absolute Gasteiger partial charge is 0.378 e. The molecular weight excluding hydrogens is 523 g/mol. The van der Waals surface area contributed by atoms with E-state index in [2.05, 4.69) is 15.4 Å².